The first-order chi connectivity index (χ1) is 9.02. The molecule has 0 aliphatic heterocycles. The van der Waals surface area contributed by atoms with Crippen LogP contribution in [0.1, 0.15) is 37.9 Å². The number of aliphatic hydroxyl groups is 1. The summed E-state index contributed by atoms with van der Waals surface area (Å²) >= 11 is 12.0. The van der Waals surface area contributed by atoms with Crippen molar-refractivity contribution < 1.29 is 14.6 Å². The first-order valence-corrected chi connectivity index (χ1v) is 6.98. The van der Waals surface area contributed by atoms with E-state index in [0.29, 0.717) is 17.0 Å². The Morgan fingerprint density at radius 2 is 2.11 bits per heavy atom. The number of ether oxygens (including phenoxy) is 1. The number of rotatable bonds is 6. The molecular formula is C14H18Cl2O3. The summed E-state index contributed by atoms with van der Waals surface area (Å²) in [6.45, 7) is 2.02. The van der Waals surface area contributed by atoms with Crippen LogP contribution in [0.15, 0.2) is 18.2 Å². The fourth-order valence-corrected chi connectivity index (χ4v) is 2.37. The second kappa shape index (κ2) is 7.73. The van der Waals surface area contributed by atoms with Crippen molar-refractivity contribution in [1.82, 2.24) is 0 Å². The molecule has 0 bridgehead atoms. The van der Waals surface area contributed by atoms with Gasteiger partial charge in [-0.15, -0.1) is 0 Å². The molecule has 0 fully saturated rings. The number of carbonyl (C=O) groups is 1. The molecule has 2 atom stereocenters. The van der Waals surface area contributed by atoms with Crippen LogP contribution in [0.3, 0.4) is 0 Å². The summed E-state index contributed by atoms with van der Waals surface area (Å²) in [5, 5.41) is 11.0. The highest BCUT2D eigenvalue weighted by Gasteiger charge is 2.30. The number of hydrogen-bond acceptors (Lipinski definition) is 3. The van der Waals surface area contributed by atoms with Crippen molar-refractivity contribution in [2.45, 2.75) is 32.3 Å². The molecular weight excluding hydrogens is 287 g/mol. The Morgan fingerprint density at radius 1 is 1.42 bits per heavy atom. The van der Waals surface area contributed by atoms with E-state index in [1.807, 2.05) is 6.92 Å². The maximum Gasteiger partial charge on any atom is 0.311 e. The van der Waals surface area contributed by atoms with Crippen LogP contribution in [0, 0.1) is 5.92 Å². The van der Waals surface area contributed by atoms with E-state index in [-0.39, 0.29) is 5.02 Å². The number of aliphatic hydroxyl groups excluding tert-OH is 1. The number of methoxy groups -OCH3 is 1. The van der Waals surface area contributed by atoms with Crippen molar-refractivity contribution in [2.24, 2.45) is 5.92 Å². The molecule has 0 aliphatic carbocycles. The zero-order chi connectivity index (χ0) is 14.4. The molecule has 19 heavy (non-hydrogen) atoms. The molecule has 0 heterocycles. The van der Waals surface area contributed by atoms with Crippen molar-refractivity contribution in [3.8, 4) is 0 Å². The van der Waals surface area contributed by atoms with E-state index in [9.17, 15) is 9.90 Å². The van der Waals surface area contributed by atoms with E-state index >= 15 is 0 Å². The summed E-state index contributed by atoms with van der Waals surface area (Å²) in [6.07, 6.45) is 1.30. The molecule has 0 saturated carbocycles. The van der Waals surface area contributed by atoms with E-state index in [1.54, 1.807) is 18.2 Å². The van der Waals surface area contributed by atoms with Gasteiger partial charge in [-0.25, -0.2) is 0 Å². The molecule has 0 amide bonds. The number of hydrogen-bond donors (Lipinski definition) is 1. The van der Waals surface area contributed by atoms with Crippen molar-refractivity contribution in [3.05, 3.63) is 33.8 Å². The molecule has 0 saturated heterocycles. The predicted octanol–water partition coefficient (Wildman–Crippen LogP) is 4.01. The SMILES string of the molecule is CCCCC(C(=O)OC)C(O)c1cccc(Cl)c1Cl. The van der Waals surface area contributed by atoms with E-state index in [0.717, 1.165) is 12.8 Å². The van der Waals surface area contributed by atoms with Crippen LogP contribution in [0.2, 0.25) is 10.0 Å². The molecule has 0 aliphatic rings. The fourth-order valence-electron chi connectivity index (χ4n) is 1.95. The van der Waals surface area contributed by atoms with Gasteiger partial charge in [0, 0.05) is 5.56 Å². The average molecular weight is 305 g/mol. The van der Waals surface area contributed by atoms with Crippen LogP contribution in [-0.4, -0.2) is 18.2 Å². The topological polar surface area (TPSA) is 46.5 Å². The zero-order valence-corrected chi connectivity index (χ0v) is 12.5. The third-order valence-corrected chi connectivity index (χ3v) is 3.89. The Kier molecular flexibility index (Phi) is 6.63. The summed E-state index contributed by atoms with van der Waals surface area (Å²) < 4.78 is 4.75. The lowest BCUT2D eigenvalue weighted by Gasteiger charge is -2.22. The molecule has 106 valence electrons. The molecule has 0 spiro atoms. The molecule has 1 rings (SSSR count). The van der Waals surface area contributed by atoms with Crippen LogP contribution >= 0.6 is 23.2 Å². The Labute approximate surface area is 123 Å². The molecule has 5 heteroatoms. The Hall–Kier alpha value is -0.770. The largest absolute Gasteiger partial charge is 0.469 e. The van der Waals surface area contributed by atoms with Crippen molar-refractivity contribution in [1.29, 1.82) is 0 Å². The predicted molar refractivity (Wildman–Crippen MR) is 76.5 cm³/mol. The molecule has 2 unspecified atom stereocenters. The van der Waals surface area contributed by atoms with Gasteiger partial charge < -0.3 is 9.84 Å². The minimum Gasteiger partial charge on any atom is -0.469 e. The third-order valence-electron chi connectivity index (χ3n) is 3.05. The van der Waals surface area contributed by atoms with Crippen LogP contribution in [-0.2, 0) is 9.53 Å². The highest BCUT2D eigenvalue weighted by Crippen LogP contribution is 2.35. The van der Waals surface area contributed by atoms with Crippen LogP contribution in [0.4, 0.5) is 0 Å². The van der Waals surface area contributed by atoms with Crippen molar-refractivity contribution in [3.63, 3.8) is 0 Å². The second-order valence-corrected chi connectivity index (χ2v) is 5.14. The lowest BCUT2D eigenvalue weighted by Crippen LogP contribution is -2.24. The monoisotopic (exact) mass is 304 g/mol. The number of benzene rings is 1. The minimum absolute atomic E-state index is 0.280. The quantitative estimate of drug-likeness (QED) is 0.808. The highest BCUT2D eigenvalue weighted by atomic mass is 35.5. The number of unbranched alkanes of at least 4 members (excludes halogenated alkanes) is 1. The van der Waals surface area contributed by atoms with E-state index in [2.05, 4.69) is 0 Å². The standard InChI is InChI=1S/C14H18Cl2O3/c1-3-4-6-10(14(18)19-2)13(17)9-7-5-8-11(15)12(9)16/h5,7-8,10,13,17H,3-4,6H2,1-2H3. The fraction of sp³-hybridized carbons (Fsp3) is 0.500. The van der Waals surface area contributed by atoms with Gasteiger partial charge in [0.1, 0.15) is 0 Å². The Morgan fingerprint density at radius 3 is 2.68 bits per heavy atom. The van der Waals surface area contributed by atoms with Crippen LogP contribution < -0.4 is 0 Å². The Balaban J connectivity index is 3.01. The molecule has 1 aromatic carbocycles. The average Bonchev–Trinajstić information content (AvgIpc) is 2.41. The first kappa shape index (κ1) is 16.3. The maximum absolute atomic E-state index is 11.8. The van der Waals surface area contributed by atoms with Crippen molar-refractivity contribution in [2.75, 3.05) is 7.11 Å². The first-order valence-electron chi connectivity index (χ1n) is 6.22. The number of halogens is 2. The normalized spacial score (nSPS) is 13.9. The van der Waals surface area contributed by atoms with Gasteiger partial charge in [0.15, 0.2) is 0 Å². The molecule has 0 aromatic heterocycles. The van der Waals surface area contributed by atoms with Gasteiger partial charge in [-0.05, 0) is 12.5 Å². The second-order valence-electron chi connectivity index (χ2n) is 4.36. The zero-order valence-electron chi connectivity index (χ0n) is 11.0. The summed E-state index contributed by atoms with van der Waals surface area (Å²) in [4.78, 5) is 11.8. The van der Waals surface area contributed by atoms with Gasteiger partial charge in [-0.1, -0.05) is 55.1 Å². The van der Waals surface area contributed by atoms with Gasteiger partial charge in [-0.3, -0.25) is 4.79 Å². The van der Waals surface area contributed by atoms with Crippen LogP contribution in [0.25, 0.3) is 0 Å². The molecule has 0 radical (unpaired) electrons. The van der Waals surface area contributed by atoms with Gasteiger partial charge in [0.25, 0.3) is 0 Å². The van der Waals surface area contributed by atoms with Gasteiger partial charge in [0.05, 0.1) is 29.2 Å². The summed E-state index contributed by atoms with van der Waals surface area (Å²) in [6, 6.07) is 5.00. The Bertz CT molecular complexity index is 435. The number of esters is 1. The highest BCUT2D eigenvalue weighted by molar-refractivity contribution is 6.42. The summed E-state index contributed by atoms with van der Waals surface area (Å²) in [7, 11) is 1.31. The molecule has 1 aromatic rings. The van der Waals surface area contributed by atoms with Gasteiger partial charge in [-0.2, -0.15) is 0 Å². The van der Waals surface area contributed by atoms with Gasteiger partial charge in [0.2, 0.25) is 0 Å². The lowest BCUT2D eigenvalue weighted by atomic mass is 9.91. The molecule has 3 nitrogen and oxygen atoms in total. The van der Waals surface area contributed by atoms with E-state index < -0.39 is 18.0 Å². The number of carbonyl (C=O) groups excluding carboxylic acids is 1. The van der Waals surface area contributed by atoms with Gasteiger partial charge >= 0.3 is 5.97 Å². The third kappa shape index (κ3) is 4.10. The van der Waals surface area contributed by atoms with E-state index in [1.165, 1.54) is 7.11 Å². The molecule has 1 N–H and O–H groups in total. The maximum atomic E-state index is 11.8. The summed E-state index contributed by atoms with van der Waals surface area (Å²) in [5.74, 6) is -1.06. The van der Waals surface area contributed by atoms with Crippen molar-refractivity contribution >= 4 is 29.2 Å². The lowest BCUT2D eigenvalue weighted by molar-refractivity contribution is -0.150. The van der Waals surface area contributed by atoms with E-state index in [4.69, 9.17) is 27.9 Å². The summed E-state index contributed by atoms with van der Waals surface area (Å²) in [5.41, 5.74) is 0.459. The van der Waals surface area contributed by atoms with Crippen LogP contribution in [0.5, 0.6) is 0 Å². The minimum atomic E-state index is -1.01. The smallest absolute Gasteiger partial charge is 0.311 e.